The van der Waals surface area contributed by atoms with Crippen molar-refractivity contribution in [2.45, 2.75) is 6.17 Å². The summed E-state index contributed by atoms with van der Waals surface area (Å²) in [7, 11) is 0. The first-order chi connectivity index (χ1) is 6.70. The molecule has 0 radical (unpaired) electrons. The lowest BCUT2D eigenvalue weighted by atomic mass is 10.1. The number of furan rings is 1. The van der Waals surface area contributed by atoms with Gasteiger partial charge in [-0.1, -0.05) is 18.2 Å². The molecule has 0 fully saturated rings. The Labute approximate surface area is 78.8 Å². The smallest absolute Gasteiger partial charge is 0.343 e. The van der Waals surface area contributed by atoms with Gasteiger partial charge in [0.25, 0.3) is 0 Å². The zero-order valence-electron chi connectivity index (χ0n) is 7.11. The minimum Gasteiger partial charge on any atom is -0.479 e. The van der Waals surface area contributed by atoms with Gasteiger partial charge in [-0.3, -0.25) is 0 Å². The molecule has 0 saturated heterocycles. The van der Waals surface area contributed by atoms with E-state index in [1.54, 1.807) is 18.2 Å². The van der Waals surface area contributed by atoms with Gasteiger partial charge in [0.2, 0.25) is 6.17 Å². The highest BCUT2D eigenvalue weighted by atomic mass is 19.1. The van der Waals surface area contributed by atoms with Crippen molar-refractivity contribution in [3.05, 3.63) is 36.1 Å². The van der Waals surface area contributed by atoms with Crippen LogP contribution in [0.1, 0.15) is 11.7 Å². The molecule has 14 heavy (non-hydrogen) atoms. The number of halogens is 1. The molecular formula is C10H7FO3. The summed E-state index contributed by atoms with van der Waals surface area (Å²) >= 11 is 0. The highest BCUT2D eigenvalue weighted by Crippen LogP contribution is 2.27. The van der Waals surface area contributed by atoms with Crippen molar-refractivity contribution in [2.24, 2.45) is 0 Å². The number of carboxylic acids is 1. The number of hydrogen-bond donors (Lipinski definition) is 1. The van der Waals surface area contributed by atoms with Gasteiger partial charge in [-0.2, -0.15) is 0 Å². The van der Waals surface area contributed by atoms with Crippen LogP contribution in [-0.4, -0.2) is 11.1 Å². The third-order valence-corrected chi connectivity index (χ3v) is 2.00. The van der Waals surface area contributed by atoms with E-state index in [0.717, 1.165) is 0 Å². The average Bonchev–Trinajstić information content (AvgIpc) is 2.63. The van der Waals surface area contributed by atoms with Crippen LogP contribution in [0.2, 0.25) is 0 Å². The molecule has 0 aliphatic rings. The first-order valence-corrected chi connectivity index (χ1v) is 4.03. The molecule has 0 amide bonds. The first kappa shape index (κ1) is 8.74. The van der Waals surface area contributed by atoms with Gasteiger partial charge < -0.3 is 9.52 Å². The molecule has 2 rings (SSSR count). The number of carboxylic acid groups (broad SMARTS) is 1. The Morgan fingerprint density at radius 2 is 2.21 bits per heavy atom. The van der Waals surface area contributed by atoms with Gasteiger partial charge >= 0.3 is 5.97 Å². The second-order valence-corrected chi connectivity index (χ2v) is 2.89. The van der Waals surface area contributed by atoms with Gasteiger partial charge in [-0.25, -0.2) is 9.18 Å². The fourth-order valence-corrected chi connectivity index (χ4v) is 1.35. The molecule has 1 unspecified atom stereocenters. The largest absolute Gasteiger partial charge is 0.479 e. The number of alkyl halides is 1. The van der Waals surface area contributed by atoms with Crippen molar-refractivity contribution < 1.29 is 18.7 Å². The van der Waals surface area contributed by atoms with Crippen molar-refractivity contribution in [3.8, 4) is 0 Å². The maximum absolute atomic E-state index is 13.2. The third-order valence-electron chi connectivity index (χ3n) is 2.00. The maximum atomic E-state index is 13.2. The van der Waals surface area contributed by atoms with Crippen molar-refractivity contribution in [1.82, 2.24) is 0 Å². The van der Waals surface area contributed by atoms with Crippen LogP contribution in [0.4, 0.5) is 4.39 Å². The fraction of sp³-hybridized carbons (Fsp3) is 0.100. The van der Waals surface area contributed by atoms with Gasteiger partial charge in [-0.15, -0.1) is 0 Å². The highest BCUT2D eigenvalue weighted by molar-refractivity contribution is 5.86. The zero-order chi connectivity index (χ0) is 10.1. The molecule has 0 aliphatic carbocycles. The SMILES string of the molecule is O=C(O)C(F)c1cccc2ccoc12. The molecule has 0 aliphatic heterocycles. The van der Waals surface area contributed by atoms with E-state index in [0.29, 0.717) is 11.0 Å². The molecule has 3 nitrogen and oxygen atoms in total. The lowest BCUT2D eigenvalue weighted by molar-refractivity contribution is -0.143. The molecule has 1 heterocycles. The number of fused-ring (bicyclic) bond motifs is 1. The predicted octanol–water partition coefficient (Wildman–Crippen LogP) is 2.53. The minimum atomic E-state index is -2.04. The lowest BCUT2D eigenvalue weighted by Crippen LogP contribution is -2.05. The molecule has 72 valence electrons. The molecule has 1 aromatic heterocycles. The molecule has 1 N–H and O–H groups in total. The van der Waals surface area contributed by atoms with Gasteiger partial charge in [0.1, 0.15) is 5.58 Å². The number of rotatable bonds is 2. The molecule has 0 spiro atoms. The summed E-state index contributed by atoms with van der Waals surface area (Å²) in [5, 5.41) is 9.22. The predicted molar refractivity (Wildman–Crippen MR) is 47.7 cm³/mol. The Morgan fingerprint density at radius 3 is 2.93 bits per heavy atom. The molecule has 1 atom stereocenters. The molecule has 4 heteroatoms. The van der Waals surface area contributed by atoms with Crippen molar-refractivity contribution in [3.63, 3.8) is 0 Å². The number of benzene rings is 1. The maximum Gasteiger partial charge on any atom is 0.343 e. The summed E-state index contributed by atoms with van der Waals surface area (Å²) in [4.78, 5) is 10.4. The zero-order valence-corrected chi connectivity index (χ0v) is 7.11. The summed E-state index contributed by atoms with van der Waals surface area (Å²) in [6.07, 6.45) is -0.632. The van der Waals surface area contributed by atoms with Gasteiger partial charge in [0.15, 0.2) is 0 Å². The van der Waals surface area contributed by atoms with Crippen LogP contribution in [0, 0.1) is 0 Å². The van der Waals surface area contributed by atoms with Crippen LogP contribution in [0.3, 0.4) is 0 Å². The van der Waals surface area contributed by atoms with Gasteiger partial charge in [0, 0.05) is 10.9 Å². The van der Waals surface area contributed by atoms with Crippen LogP contribution >= 0.6 is 0 Å². The Balaban J connectivity index is 2.61. The number of carbonyl (C=O) groups is 1. The van der Waals surface area contributed by atoms with Gasteiger partial charge in [0.05, 0.1) is 6.26 Å². The average molecular weight is 194 g/mol. The van der Waals surface area contributed by atoms with E-state index in [-0.39, 0.29) is 5.56 Å². The normalized spacial score (nSPS) is 12.9. The monoisotopic (exact) mass is 194 g/mol. The third kappa shape index (κ3) is 1.25. The van der Waals surface area contributed by atoms with E-state index in [1.807, 2.05) is 0 Å². The number of hydrogen-bond acceptors (Lipinski definition) is 2. The standard InChI is InChI=1S/C10H7FO3/c11-8(10(12)13)7-3-1-2-6-4-5-14-9(6)7/h1-5,8H,(H,12,13). The van der Waals surface area contributed by atoms with Crippen LogP contribution in [-0.2, 0) is 4.79 Å². The molecule has 1 aromatic carbocycles. The van der Waals surface area contributed by atoms with Crippen LogP contribution in [0.15, 0.2) is 34.9 Å². The summed E-state index contributed by atoms with van der Waals surface area (Å²) in [5.41, 5.74) is 0.349. The summed E-state index contributed by atoms with van der Waals surface area (Å²) in [5.74, 6) is -1.51. The second-order valence-electron chi connectivity index (χ2n) is 2.89. The Bertz CT molecular complexity index is 475. The van der Waals surface area contributed by atoms with Crippen molar-refractivity contribution >= 4 is 16.9 Å². The fourth-order valence-electron chi connectivity index (χ4n) is 1.35. The van der Waals surface area contributed by atoms with Crippen LogP contribution in [0.25, 0.3) is 11.0 Å². The second kappa shape index (κ2) is 3.14. The number of para-hydroxylation sites is 1. The molecule has 0 saturated carbocycles. The topological polar surface area (TPSA) is 50.4 Å². The van der Waals surface area contributed by atoms with E-state index in [9.17, 15) is 9.18 Å². The molecule has 2 aromatic rings. The van der Waals surface area contributed by atoms with E-state index in [2.05, 4.69) is 0 Å². The van der Waals surface area contributed by atoms with Crippen molar-refractivity contribution in [1.29, 1.82) is 0 Å². The van der Waals surface area contributed by atoms with Crippen LogP contribution < -0.4 is 0 Å². The van der Waals surface area contributed by atoms with Crippen LogP contribution in [0.5, 0.6) is 0 Å². The van der Waals surface area contributed by atoms with E-state index in [1.165, 1.54) is 12.3 Å². The van der Waals surface area contributed by atoms with Gasteiger partial charge in [-0.05, 0) is 6.07 Å². The lowest BCUT2D eigenvalue weighted by Gasteiger charge is -2.03. The quantitative estimate of drug-likeness (QED) is 0.799. The molecular weight excluding hydrogens is 187 g/mol. The number of aliphatic carboxylic acids is 1. The molecule has 0 bridgehead atoms. The highest BCUT2D eigenvalue weighted by Gasteiger charge is 2.21. The Morgan fingerprint density at radius 1 is 1.43 bits per heavy atom. The summed E-state index contributed by atoms with van der Waals surface area (Å²) < 4.78 is 18.2. The summed E-state index contributed by atoms with van der Waals surface area (Å²) in [6, 6.07) is 6.40. The van der Waals surface area contributed by atoms with E-state index < -0.39 is 12.1 Å². The Kier molecular flexibility index (Phi) is 1.96. The van der Waals surface area contributed by atoms with E-state index >= 15 is 0 Å². The van der Waals surface area contributed by atoms with Crippen molar-refractivity contribution in [2.75, 3.05) is 0 Å². The summed E-state index contributed by atoms with van der Waals surface area (Å²) in [6.45, 7) is 0. The first-order valence-electron chi connectivity index (χ1n) is 4.03. The van der Waals surface area contributed by atoms with E-state index in [4.69, 9.17) is 9.52 Å². The minimum absolute atomic E-state index is 0.0556. The Hall–Kier alpha value is -1.84.